The zero-order valence-electron chi connectivity index (χ0n) is 23.1. The molecule has 1 N–H and O–H groups in total. The first-order valence-corrected chi connectivity index (χ1v) is 14.2. The van der Waals surface area contributed by atoms with E-state index in [1.165, 1.54) is 4.90 Å². The SMILES string of the molecule is CCOc1ccc(C[C@]2(CN3C[C@@H]4C[C@H](C3)c3cccc(=O)n3C4)C(=O)NC(=O)N(Cc3ccccc3)C2=O)cc1. The van der Waals surface area contributed by atoms with Crippen molar-refractivity contribution in [3.8, 4) is 5.75 Å². The molecule has 3 aromatic rings. The second kappa shape index (κ2) is 11.0. The van der Waals surface area contributed by atoms with Gasteiger partial charge in [-0.05, 0) is 55.0 Å². The topological polar surface area (TPSA) is 101 Å². The van der Waals surface area contributed by atoms with E-state index in [4.69, 9.17) is 4.74 Å². The van der Waals surface area contributed by atoms with Gasteiger partial charge >= 0.3 is 6.03 Å². The number of hydrogen-bond acceptors (Lipinski definition) is 6. The fourth-order valence-electron chi connectivity index (χ4n) is 6.72. The van der Waals surface area contributed by atoms with Gasteiger partial charge in [0.05, 0.1) is 13.2 Å². The molecule has 2 fully saturated rings. The summed E-state index contributed by atoms with van der Waals surface area (Å²) in [5, 5.41) is 2.52. The van der Waals surface area contributed by atoms with E-state index < -0.39 is 23.3 Å². The molecule has 9 heteroatoms. The molecule has 0 saturated carbocycles. The minimum absolute atomic E-state index is 0.00882. The van der Waals surface area contributed by atoms with Gasteiger partial charge in [0, 0.05) is 43.9 Å². The highest BCUT2D eigenvalue weighted by Crippen LogP contribution is 2.38. The van der Waals surface area contributed by atoms with Crippen LogP contribution in [0.5, 0.6) is 5.75 Å². The number of carbonyl (C=O) groups excluding carboxylic acids is 3. The first-order chi connectivity index (χ1) is 19.9. The number of barbiturate groups is 1. The van der Waals surface area contributed by atoms with Gasteiger partial charge in [-0.2, -0.15) is 0 Å². The lowest BCUT2D eigenvalue weighted by atomic mass is 9.75. The van der Waals surface area contributed by atoms with Crippen LogP contribution in [0.1, 0.15) is 36.1 Å². The number of pyridine rings is 1. The maximum atomic E-state index is 14.4. The molecule has 0 spiro atoms. The molecule has 1 aromatic heterocycles. The van der Waals surface area contributed by atoms with E-state index in [2.05, 4.69) is 10.2 Å². The molecule has 0 unspecified atom stereocenters. The van der Waals surface area contributed by atoms with Crippen molar-refractivity contribution < 1.29 is 19.1 Å². The molecule has 4 amide bonds. The van der Waals surface area contributed by atoms with Gasteiger partial charge in [-0.3, -0.25) is 24.6 Å². The Labute approximate surface area is 238 Å². The second-order valence-corrected chi connectivity index (χ2v) is 11.4. The molecule has 212 valence electrons. The lowest BCUT2D eigenvalue weighted by Gasteiger charge is -2.47. The number of nitrogens with zero attached hydrogens (tertiary/aromatic N) is 3. The van der Waals surface area contributed by atoms with E-state index in [9.17, 15) is 19.2 Å². The van der Waals surface area contributed by atoms with Gasteiger partial charge in [-0.15, -0.1) is 0 Å². The van der Waals surface area contributed by atoms with Crippen LogP contribution in [-0.4, -0.2) is 58.5 Å². The largest absolute Gasteiger partial charge is 0.494 e. The van der Waals surface area contributed by atoms with Crippen LogP contribution in [0.4, 0.5) is 4.79 Å². The number of nitrogens with one attached hydrogen (secondary N) is 1. The van der Waals surface area contributed by atoms with E-state index in [-0.39, 0.29) is 36.9 Å². The van der Waals surface area contributed by atoms with E-state index in [1.807, 2.05) is 72.2 Å². The lowest BCUT2D eigenvalue weighted by molar-refractivity contribution is -0.154. The van der Waals surface area contributed by atoms with Crippen molar-refractivity contribution in [1.29, 1.82) is 0 Å². The number of benzene rings is 2. The molecular formula is C32H34N4O5. The fourth-order valence-corrected chi connectivity index (χ4v) is 6.72. The van der Waals surface area contributed by atoms with E-state index in [0.29, 0.717) is 32.0 Å². The zero-order chi connectivity index (χ0) is 28.6. The first kappa shape index (κ1) is 27.0. The van der Waals surface area contributed by atoms with Crippen LogP contribution >= 0.6 is 0 Å². The smallest absolute Gasteiger partial charge is 0.331 e. The quantitative estimate of drug-likeness (QED) is 0.430. The van der Waals surface area contributed by atoms with E-state index >= 15 is 0 Å². The van der Waals surface area contributed by atoms with Crippen molar-refractivity contribution in [1.82, 2.24) is 19.7 Å². The van der Waals surface area contributed by atoms with Crippen LogP contribution < -0.4 is 15.6 Å². The molecule has 2 aromatic carbocycles. The van der Waals surface area contributed by atoms with Crippen molar-refractivity contribution in [2.75, 3.05) is 26.2 Å². The highest BCUT2D eigenvalue weighted by molar-refractivity contribution is 6.19. The summed E-state index contributed by atoms with van der Waals surface area (Å²) in [4.78, 5) is 57.0. The Hall–Kier alpha value is -4.24. The highest BCUT2D eigenvalue weighted by atomic mass is 16.5. The van der Waals surface area contributed by atoms with Crippen molar-refractivity contribution in [2.24, 2.45) is 11.3 Å². The first-order valence-electron chi connectivity index (χ1n) is 14.2. The van der Waals surface area contributed by atoms with Crippen LogP contribution in [0.2, 0.25) is 0 Å². The number of hydrogen-bond donors (Lipinski definition) is 1. The van der Waals surface area contributed by atoms with Crippen molar-refractivity contribution >= 4 is 17.8 Å². The molecule has 3 aliphatic rings. The summed E-state index contributed by atoms with van der Waals surface area (Å²) in [6, 6.07) is 21.4. The molecule has 9 nitrogen and oxygen atoms in total. The summed E-state index contributed by atoms with van der Waals surface area (Å²) < 4.78 is 7.45. The van der Waals surface area contributed by atoms with Gasteiger partial charge in [0.1, 0.15) is 11.2 Å². The van der Waals surface area contributed by atoms with Gasteiger partial charge in [0.15, 0.2) is 0 Å². The van der Waals surface area contributed by atoms with Crippen LogP contribution in [0, 0.1) is 11.3 Å². The molecule has 41 heavy (non-hydrogen) atoms. The Morgan fingerprint density at radius 3 is 2.41 bits per heavy atom. The van der Waals surface area contributed by atoms with Crippen LogP contribution in [0.25, 0.3) is 0 Å². The molecule has 2 bridgehead atoms. The number of rotatable bonds is 8. The lowest BCUT2D eigenvalue weighted by Crippen LogP contribution is -2.67. The highest BCUT2D eigenvalue weighted by Gasteiger charge is 2.55. The number of amides is 4. The maximum absolute atomic E-state index is 14.4. The molecule has 0 aliphatic carbocycles. The summed E-state index contributed by atoms with van der Waals surface area (Å²) in [6.07, 6.45) is 1.11. The predicted molar refractivity (Wildman–Crippen MR) is 152 cm³/mol. The van der Waals surface area contributed by atoms with E-state index in [1.54, 1.807) is 12.1 Å². The number of imide groups is 2. The summed E-state index contributed by atoms with van der Waals surface area (Å²) in [7, 11) is 0. The molecule has 4 heterocycles. The van der Waals surface area contributed by atoms with Crippen LogP contribution in [0.15, 0.2) is 77.6 Å². The normalized spacial score (nSPS) is 24.1. The number of urea groups is 1. The number of ether oxygens (including phenoxy) is 1. The Bertz CT molecular complexity index is 1520. The Balaban J connectivity index is 1.34. The van der Waals surface area contributed by atoms with Gasteiger partial charge in [0.25, 0.3) is 5.56 Å². The van der Waals surface area contributed by atoms with Crippen LogP contribution in [-0.2, 0) is 29.1 Å². The van der Waals surface area contributed by atoms with E-state index in [0.717, 1.165) is 23.2 Å². The summed E-state index contributed by atoms with van der Waals surface area (Å²) in [5.74, 6) is 0.00757. The van der Waals surface area contributed by atoms with Crippen molar-refractivity contribution in [3.63, 3.8) is 0 Å². The zero-order valence-corrected chi connectivity index (χ0v) is 23.1. The fraction of sp³-hybridized carbons (Fsp3) is 0.375. The third-order valence-electron chi connectivity index (χ3n) is 8.53. The molecule has 2 saturated heterocycles. The minimum atomic E-state index is -1.50. The van der Waals surface area contributed by atoms with Crippen molar-refractivity contribution in [2.45, 2.75) is 38.8 Å². The molecule has 0 radical (unpaired) electrons. The second-order valence-electron chi connectivity index (χ2n) is 11.4. The Kier molecular flexibility index (Phi) is 7.21. The number of fused-ring (bicyclic) bond motifs is 4. The average molecular weight is 555 g/mol. The number of piperidine rings is 1. The standard InChI is InChI=1S/C32H34N4O5/c1-2-41-26-13-11-22(12-14-26)16-32(29(38)33-31(40)36(30(32)39)18-23-7-4-3-5-8-23)21-34-17-24-15-25(20-34)27-9-6-10-28(37)35(27)19-24/h3-14,24-25H,2,15-21H2,1H3,(H,33,38,40)/t24-,25+,32-/m0/s1. The van der Waals surface area contributed by atoms with Gasteiger partial charge < -0.3 is 14.2 Å². The third kappa shape index (κ3) is 5.17. The van der Waals surface area contributed by atoms with Crippen LogP contribution in [0.3, 0.4) is 0 Å². The number of carbonyl (C=O) groups is 3. The maximum Gasteiger partial charge on any atom is 0.331 e. The van der Waals surface area contributed by atoms with Gasteiger partial charge in [0.2, 0.25) is 11.8 Å². The predicted octanol–water partition coefficient (Wildman–Crippen LogP) is 3.17. The number of likely N-dealkylation sites (tertiary alicyclic amines) is 1. The summed E-state index contributed by atoms with van der Waals surface area (Å²) in [6.45, 7) is 4.60. The third-order valence-corrected chi connectivity index (χ3v) is 8.53. The summed E-state index contributed by atoms with van der Waals surface area (Å²) >= 11 is 0. The minimum Gasteiger partial charge on any atom is -0.494 e. The average Bonchev–Trinajstić information content (AvgIpc) is 2.96. The van der Waals surface area contributed by atoms with Crippen molar-refractivity contribution in [3.05, 3.63) is 100.0 Å². The molecular weight excluding hydrogens is 520 g/mol. The number of aromatic nitrogens is 1. The Morgan fingerprint density at radius 2 is 1.66 bits per heavy atom. The van der Waals surface area contributed by atoms with Gasteiger partial charge in [-0.1, -0.05) is 48.5 Å². The molecule has 3 aliphatic heterocycles. The molecule has 6 rings (SSSR count). The van der Waals surface area contributed by atoms with Gasteiger partial charge in [-0.25, -0.2) is 4.79 Å². The monoisotopic (exact) mass is 554 g/mol. The Morgan fingerprint density at radius 1 is 0.878 bits per heavy atom. The molecule has 3 atom stereocenters. The summed E-state index contributed by atoms with van der Waals surface area (Å²) in [5.41, 5.74) is 1.11.